The molecule has 0 fully saturated rings. The first-order chi connectivity index (χ1) is 4.11. The van der Waals surface area contributed by atoms with Gasteiger partial charge in [0.25, 0.3) is 0 Å². The molecule has 49 valence electrons. The monoisotopic (exact) mass is 123 g/mol. The van der Waals surface area contributed by atoms with Gasteiger partial charge in [-0.15, -0.1) is 0 Å². The first kappa shape index (κ1) is 6.33. The third-order valence-corrected chi connectivity index (χ3v) is 1.12. The summed E-state index contributed by atoms with van der Waals surface area (Å²) in [5.41, 5.74) is -0.122. The lowest BCUT2D eigenvalue weighted by Crippen LogP contribution is -2.22. The Morgan fingerprint density at radius 3 is 2.44 bits per heavy atom. The SMILES string of the molecule is [CH2]C(C)(C)n1cccn1. The number of hydrogen-bond acceptors (Lipinski definition) is 1. The Hall–Kier alpha value is -0.790. The minimum atomic E-state index is -0.122. The Morgan fingerprint density at radius 2 is 2.22 bits per heavy atom. The van der Waals surface area contributed by atoms with Crippen molar-refractivity contribution >= 4 is 0 Å². The van der Waals surface area contributed by atoms with Crippen LogP contribution >= 0.6 is 0 Å². The summed E-state index contributed by atoms with van der Waals surface area (Å²) in [6, 6.07) is 1.90. The summed E-state index contributed by atoms with van der Waals surface area (Å²) in [4.78, 5) is 0. The molecule has 0 saturated heterocycles. The Balaban J connectivity index is 2.90. The van der Waals surface area contributed by atoms with Crippen LogP contribution in [0.4, 0.5) is 0 Å². The maximum Gasteiger partial charge on any atom is 0.0572 e. The summed E-state index contributed by atoms with van der Waals surface area (Å²) in [5, 5.41) is 4.04. The van der Waals surface area contributed by atoms with E-state index in [0.717, 1.165) is 0 Å². The predicted molar refractivity (Wildman–Crippen MR) is 36.9 cm³/mol. The summed E-state index contributed by atoms with van der Waals surface area (Å²) in [7, 11) is 0. The van der Waals surface area contributed by atoms with Gasteiger partial charge < -0.3 is 0 Å². The van der Waals surface area contributed by atoms with E-state index >= 15 is 0 Å². The fourth-order valence-corrected chi connectivity index (χ4v) is 0.627. The molecule has 0 aliphatic carbocycles. The van der Waals surface area contributed by atoms with Gasteiger partial charge in [0.05, 0.1) is 5.54 Å². The molecule has 0 atom stereocenters. The standard InChI is InChI=1S/C7H11N2/c1-7(2,3)9-6-4-5-8-9/h4-6H,1H2,2-3H3. The molecule has 0 N–H and O–H groups in total. The second-order valence-electron chi connectivity index (χ2n) is 2.76. The Labute approximate surface area is 55.5 Å². The van der Waals surface area contributed by atoms with Crippen LogP contribution in [0.5, 0.6) is 0 Å². The molecule has 9 heavy (non-hydrogen) atoms. The highest BCUT2D eigenvalue weighted by molar-refractivity contribution is 4.86. The highest BCUT2D eigenvalue weighted by Gasteiger charge is 2.11. The minimum Gasteiger partial charge on any atom is -0.267 e. The molecule has 1 radical (unpaired) electrons. The molecule has 0 aromatic carbocycles. The van der Waals surface area contributed by atoms with Gasteiger partial charge in [0, 0.05) is 12.4 Å². The summed E-state index contributed by atoms with van der Waals surface area (Å²) in [6.07, 6.45) is 3.67. The van der Waals surface area contributed by atoms with E-state index < -0.39 is 0 Å². The largest absolute Gasteiger partial charge is 0.267 e. The van der Waals surface area contributed by atoms with Gasteiger partial charge >= 0.3 is 0 Å². The maximum atomic E-state index is 4.04. The van der Waals surface area contributed by atoms with E-state index in [1.807, 2.05) is 30.8 Å². The van der Waals surface area contributed by atoms with Crippen molar-refractivity contribution in [1.82, 2.24) is 9.78 Å². The molecule has 0 spiro atoms. The van der Waals surface area contributed by atoms with E-state index in [9.17, 15) is 0 Å². The molecular weight excluding hydrogens is 112 g/mol. The first-order valence-corrected chi connectivity index (χ1v) is 2.96. The molecule has 0 aliphatic heterocycles. The molecule has 0 bridgehead atoms. The van der Waals surface area contributed by atoms with Gasteiger partial charge in [-0.2, -0.15) is 5.10 Å². The van der Waals surface area contributed by atoms with E-state index in [1.165, 1.54) is 0 Å². The lowest BCUT2D eigenvalue weighted by Gasteiger charge is -2.18. The molecule has 2 nitrogen and oxygen atoms in total. The summed E-state index contributed by atoms with van der Waals surface area (Å²) < 4.78 is 1.83. The van der Waals surface area contributed by atoms with Crippen molar-refractivity contribution in [2.45, 2.75) is 19.4 Å². The van der Waals surface area contributed by atoms with Crippen molar-refractivity contribution in [2.75, 3.05) is 0 Å². The number of nitrogens with zero attached hydrogens (tertiary/aromatic N) is 2. The molecule has 1 rings (SSSR count). The highest BCUT2D eigenvalue weighted by atomic mass is 15.3. The second-order valence-corrected chi connectivity index (χ2v) is 2.76. The molecule has 1 aromatic rings. The van der Waals surface area contributed by atoms with Crippen molar-refractivity contribution in [1.29, 1.82) is 0 Å². The van der Waals surface area contributed by atoms with E-state index in [0.29, 0.717) is 0 Å². The van der Waals surface area contributed by atoms with E-state index in [2.05, 4.69) is 12.0 Å². The smallest absolute Gasteiger partial charge is 0.0572 e. The van der Waals surface area contributed by atoms with Crippen LogP contribution in [-0.2, 0) is 5.54 Å². The fraction of sp³-hybridized carbons (Fsp3) is 0.429. The van der Waals surface area contributed by atoms with Crippen LogP contribution < -0.4 is 0 Å². The van der Waals surface area contributed by atoms with Gasteiger partial charge in [0.1, 0.15) is 0 Å². The molecule has 0 saturated carbocycles. The molecule has 2 heteroatoms. The highest BCUT2D eigenvalue weighted by Crippen LogP contribution is 2.09. The molecule has 1 heterocycles. The maximum absolute atomic E-state index is 4.04. The van der Waals surface area contributed by atoms with Gasteiger partial charge in [-0.25, -0.2) is 0 Å². The normalized spacial score (nSPS) is 11.9. The van der Waals surface area contributed by atoms with E-state index in [1.54, 1.807) is 6.20 Å². The predicted octanol–water partition coefficient (Wildman–Crippen LogP) is 1.45. The van der Waals surface area contributed by atoms with E-state index in [-0.39, 0.29) is 5.54 Å². The van der Waals surface area contributed by atoms with E-state index in [4.69, 9.17) is 0 Å². The lowest BCUT2D eigenvalue weighted by atomic mass is 10.1. The minimum absolute atomic E-state index is 0.122. The van der Waals surface area contributed by atoms with Gasteiger partial charge in [0.2, 0.25) is 0 Å². The number of hydrogen-bond donors (Lipinski definition) is 0. The zero-order valence-corrected chi connectivity index (χ0v) is 5.83. The molecule has 0 amide bonds. The Bertz CT molecular complexity index is 169. The van der Waals surface area contributed by atoms with Crippen LogP contribution in [0.1, 0.15) is 13.8 Å². The third kappa shape index (κ3) is 1.31. The summed E-state index contributed by atoms with van der Waals surface area (Å²) in [6.45, 7) is 7.94. The fourth-order valence-electron chi connectivity index (χ4n) is 0.627. The van der Waals surface area contributed by atoms with Gasteiger partial charge in [-0.1, -0.05) is 0 Å². The van der Waals surface area contributed by atoms with Crippen molar-refractivity contribution < 1.29 is 0 Å². The number of aromatic nitrogens is 2. The topological polar surface area (TPSA) is 17.8 Å². The third-order valence-electron chi connectivity index (χ3n) is 1.12. The summed E-state index contributed by atoms with van der Waals surface area (Å²) >= 11 is 0. The molecule has 0 unspecified atom stereocenters. The number of rotatable bonds is 1. The lowest BCUT2D eigenvalue weighted by molar-refractivity contribution is 0.402. The molecule has 1 aromatic heterocycles. The van der Waals surface area contributed by atoms with Gasteiger partial charge in [0.15, 0.2) is 0 Å². The van der Waals surface area contributed by atoms with Crippen LogP contribution in [0.3, 0.4) is 0 Å². The zero-order chi connectivity index (χ0) is 6.91. The van der Waals surface area contributed by atoms with Crippen LogP contribution in [0, 0.1) is 6.92 Å². The van der Waals surface area contributed by atoms with Crippen molar-refractivity contribution in [3.8, 4) is 0 Å². The zero-order valence-electron chi connectivity index (χ0n) is 5.83. The van der Waals surface area contributed by atoms with Crippen molar-refractivity contribution in [3.05, 3.63) is 25.4 Å². The second kappa shape index (κ2) is 1.87. The Kier molecular flexibility index (Phi) is 1.31. The summed E-state index contributed by atoms with van der Waals surface area (Å²) in [5.74, 6) is 0. The Morgan fingerprint density at radius 1 is 1.56 bits per heavy atom. The first-order valence-electron chi connectivity index (χ1n) is 2.96. The van der Waals surface area contributed by atoms with Gasteiger partial charge in [-0.3, -0.25) is 4.68 Å². The average Bonchev–Trinajstić information content (AvgIpc) is 2.08. The quantitative estimate of drug-likeness (QED) is 0.552. The van der Waals surface area contributed by atoms with Crippen LogP contribution in [0.15, 0.2) is 18.5 Å². The van der Waals surface area contributed by atoms with Crippen LogP contribution in [0.25, 0.3) is 0 Å². The van der Waals surface area contributed by atoms with Gasteiger partial charge in [-0.05, 0) is 26.8 Å². The molecular formula is C7H11N2. The van der Waals surface area contributed by atoms with Crippen LogP contribution in [0.2, 0.25) is 0 Å². The average molecular weight is 123 g/mol. The van der Waals surface area contributed by atoms with Crippen molar-refractivity contribution in [2.24, 2.45) is 0 Å². The van der Waals surface area contributed by atoms with Crippen molar-refractivity contribution in [3.63, 3.8) is 0 Å². The van der Waals surface area contributed by atoms with Crippen LogP contribution in [-0.4, -0.2) is 9.78 Å². The molecule has 0 aliphatic rings.